The highest BCUT2D eigenvalue weighted by Gasteiger charge is 1.99. The predicted molar refractivity (Wildman–Crippen MR) is 83.6 cm³/mol. The van der Waals surface area contributed by atoms with Crippen LogP contribution in [0.15, 0.2) is 53.8 Å². The number of rotatable bonds is 3. The lowest BCUT2D eigenvalue weighted by atomic mass is 10.1. The highest BCUT2D eigenvalue weighted by atomic mass is 16.3. The lowest BCUT2D eigenvalue weighted by molar-refractivity contribution is 0.474. The van der Waals surface area contributed by atoms with Crippen LogP contribution in [0.2, 0.25) is 0 Å². The van der Waals surface area contributed by atoms with Gasteiger partial charge in [0.25, 0.3) is 0 Å². The molecule has 0 saturated carbocycles. The molecule has 2 N–H and O–H groups in total. The lowest BCUT2D eigenvalue weighted by Gasteiger charge is -2.02. The van der Waals surface area contributed by atoms with Crippen LogP contribution < -0.4 is 5.43 Å². The summed E-state index contributed by atoms with van der Waals surface area (Å²) in [5.41, 5.74) is 6.09. The summed E-state index contributed by atoms with van der Waals surface area (Å²) >= 11 is 0. The third-order valence-electron chi connectivity index (χ3n) is 3.02. The Morgan fingerprint density at radius 3 is 2.76 bits per heavy atom. The number of aryl methyl sites for hydroxylation is 1. The average Bonchev–Trinajstić information content (AvgIpc) is 2.49. The molecule has 0 saturated heterocycles. The number of aromatic nitrogens is 2. The summed E-state index contributed by atoms with van der Waals surface area (Å²) < 4.78 is 0. The maximum Gasteiger partial charge on any atom is 0.165 e. The van der Waals surface area contributed by atoms with E-state index in [2.05, 4.69) is 20.5 Å². The topological polar surface area (TPSA) is 70.4 Å². The van der Waals surface area contributed by atoms with Gasteiger partial charge in [-0.25, -0.2) is 4.98 Å². The SMILES string of the molecule is Cc1ccc(/C=N/Nc2cnc3ccccc3n2)c(O)c1. The van der Waals surface area contributed by atoms with Gasteiger partial charge in [0.05, 0.1) is 23.4 Å². The molecular weight excluding hydrogens is 264 g/mol. The van der Waals surface area contributed by atoms with Gasteiger partial charge < -0.3 is 5.11 Å². The smallest absolute Gasteiger partial charge is 0.165 e. The van der Waals surface area contributed by atoms with Crippen LogP contribution in [0.1, 0.15) is 11.1 Å². The van der Waals surface area contributed by atoms with Gasteiger partial charge in [0, 0.05) is 5.56 Å². The van der Waals surface area contributed by atoms with E-state index in [1.807, 2.05) is 43.3 Å². The van der Waals surface area contributed by atoms with Crippen LogP contribution in [-0.4, -0.2) is 21.3 Å². The number of hydrazone groups is 1. The zero-order valence-electron chi connectivity index (χ0n) is 11.5. The lowest BCUT2D eigenvalue weighted by Crippen LogP contribution is -1.95. The number of benzene rings is 2. The molecule has 0 radical (unpaired) electrons. The maximum atomic E-state index is 9.78. The maximum absolute atomic E-state index is 9.78. The van der Waals surface area contributed by atoms with Gasteiger partial charge in [0.1, 0.15) is 5.75 Å². The van der Waals surface area contributed by atoms with Crippen LogP contribution in [0.5, 0.6) is 5.75 Å². The molecule has 5 heteroatoms. The van der Waals surface area contributed by atoms with Crippen molar-refractivity contribution in [1.82, 2.24) is 9.97 Å². The molecule has 1 aromatic heterocycles. The van der Waals surface area contributed by atoms with Crippen molar-refractivity contribution in [3.8, 4) is 5.75 Å². The molecule has 0 aliphatic heterocycles. The summed E-state index contributed by atoms with van der Waals surface area (Å²) in [5.74, 6) is 0.752. The van der Waals surface area contributed by atoms with E-state index >= 15 is 0 Å². The van der Waals surface area contributed by atoms with Crippen molar-refractivity contribution in [2.24, 2.45) is 5.10 Å². The highest BCUT2D eigenvalue weighted by Crippen LogP contribution is 2.16. The minimum absolute atomic E-state index is 0.199. The summed E-state index contributed by atoms with van der Waals surface area (Å²) in [4.78, 5) is 8.68. The Morgan fingerprint density at radius 2 is 1.95 bits per heavy atom. The number of hydrogen-bond donors (Lipinski definition) is 2. The molecule has 0 bridgehead atoms. The number of nitrogens with one attached hydrogen (secondary N) is 1. The predicted octanol–water partition coefficient (Wildman–Crippen LogP) is 3.09. The minimum Gasteiger partial charge on any atom is -0.507 e. The molecule has 3 aromatic rings. The molecule has 0 unspecified atom stereocenters. The van der Waals surface area contributed by atoms with Gasteiger partial charge in [-0.2, -0.15) is 5.10 Å². The third kappa shape index (κ3) is 2.97. The first kappa shape index (κ1) is 13.1. The molecule has 3 rings (SSSR count). The van der Waals surface area contributed by atoms with E-state index < -0.39 is 0 Å². The molecular formula is C16H14N4O. The van der Waals surface area contributed by atoms with Crippen molar-refractivity contribution < 1.29 is 5.11 Å². The number of aromatic hydroxyl groups is 1. The molecule has 0 spiro atoms. The van der Waals surface area contributed by atoms with Crippen molar-refractivity contribution in [2.45, 2.75) is 6.92 Å². The quantitative estimate of drug-likeness (QED) is 0.570. The van der Waals surface area contributed by atoms with Gasteiger partial charge in [-0.05, 0) is 36.8 Å². The second-order valence-electron chi connectivity index (χ2n) is 4.68. The minimum atomic E-state index is 0.199. The molecule has 2 aromatic carbocycles. The second kappa shape index (κ2) is 5.58. The zero-order chi connectivity index (χ0) is 14.7. The first-order valence-electron chi connectivity index (χ1n) is 6.53. The summed E-state index contributed by atoms with van der Waals surface area (Å²) in [6, 6.07) is 13.0. The summed E-state index contributed by atoms with van der Waals surface area (Å²) in [6.45, 7) is 1.92. The highest BCUT2D eigenvalue weighted by molar-refractivity contribution is 5.84. The molecule has 21 heavy (non-hydrogen) atoms. The Morgan fingerprint density at radius 1 is 1.14 bits per heavy atom. The number of fused-ring (bicyclic) bond motifs is 1. The fourth-order valence-electron chi connectivity index (χ4n) is 1.94. The summed E-state index contributed by atoms with van der Waals surface area (Å²) in [7, 11) is 0. The molecule has 0 atom stereocenters. The van der Waals surface area contributed by atoms with Crippen molar-refractivity contribution in [3.63, 3.8) is 0 Å². The fourth-order valence-corrected chi connectivity index (χ4v) is 1.94. The normalized spacial score (nSPS) is 11.1. The van der Waals surface area contributed by atoms with Crippen molar-refractivity contribution in [2.75, 3.05) is 5.43 Å². The Labute approximate surface area is 122 Å². The molecule has 1 heterocycles. The number of nitrogens with zero attached hydrogens (tertiary/aromatic N) is 3. The van der Waals surface area contributed by atoms with Crippen LogP contribution in [0.4, 0.5) is 5.82 Å². The van der Waals surface area contributed by atoms with Crippen molar-refractivity contribution in [1.29, 1.82) is 0 Å². The fraction of sp³-hybridized carbons (Fsp3) is 0.0625. The van der Waals surface area contributed by atoms with E-state index in [9.17, 15) is 5.11 Å². The number of phenols is 1. The van der Waals surface area contributed by atoms with Gasteiger partial charge in [-0.1, -0.05) is 18.2 Å². The largest absolute Gasteiger partial charge is 0.507 e. The van der Waals surface area contributed by atoms with Gasteiger partial charge in [-0.15, -0.1) is 0 Å². The standard InChI is InChI=1S/C16H14N4O/c1-11-6-7-12(15(21)8-11)9-18-20-16-10-17-13-4-2-3-5-14(13)19-16/h2-10,21H,1H3,(H,19,20)/b18-9+. The average molecular weight is 278 g/mol. The monoisotopic (exact) mass is 278 g/mol. The number of phenolic OH excluding ortho intramolecular Hbond substituents is 1. The van der Waals surface area contributed by atoms with Crippen LogP contribution in [0.25, 0.3) is 11.0 Å². The van der Waals surface area contributed by atoms with E-state index in [0.717, 1.165) is 16.6 Å². The second-order valence-corrected chi connectivity index (χ2v) is 4.68. The van der Waals surface area contributed by atoms with Crippen LogP contribution in [0, 0.1) is 6.92 Å². The van der Waals surface area contributed by atoms with E-state index in [4.69, 9.17) is 0 Å². The van der Waals surface area contributed by atoms with Crippen molar-refractivity contribution >= 4 is 23.1 Å². The van der Waals surface area contributed by atoms with Crippen LogP contribution >= 0.6 is 0 Å². The van der Waals surface area contributed by atoms with E-state index in [0.29, 0.717) is 11.4 Å². The van der Waals surface area contributed by atoms with Crippen LogP contribution in [0.3, 0.4) is 0 Å². The van der Waals surface area contributed by atoms with E-state index in [1.165, 1.54) is 0 Å². The number of anilines is 1. The van der Waals surface area contributed by atoms with Gasteiger partial charge in [0.15, 0.2) is 5.82 Å². The Balaban J connectivity index is 1.77. The van der Waals surface area contributed by atoms with Gasteiger partial charge in [0.2, 0.25) is 0 Å². The van der Waals surface area contributed by atoms with E-state index in [1.54, 1.807) is 18.5 Å². The molecule has 0 aliphatic rings. The first-order valence-corrected chi connectivity index (χ1v) is 6.53. The summed E-state index contributed by atoms with van der Waals surface area (Å²) in [6.07, 6.45) is 3.17. The Bertz CT molecular complexity index is 814. The molecule has 104 valence electrons. The third-order valence-corrected chi connectivity index (χ3v) is 3.02. The Hall–Kier alpha value is -2.95. The van der Waals surface area contributed by atoms with Crippen molar-refractivity contribution in [3.05, 3.63) is 59.8 Å². The van der Waals surface area contributed by atoms with Gasteiger partial charge >= 0.3 is 0 Å². The molecule has 5 nitrogen and oxygen atoms in total. The van der Waals surface area contributed by atoms with E-state index in [-0.39, 0.29) is 5.75 Å². The summed E-state index contributed by atoms with van der Waals surface area (Å²) in [5, 5.41) is 13.9. The van der Waals surface area contributed by atoms with Gasteiger partial charge in [-0.3, -0.25) is 10.4 Å². The Kier molecular flexibility index (Phi) is 3.47. The van der Waals surface area contributed by atoms with Crippen LogP contribution in [-0.2, 0) is 0 Å². The molecule has 0 aliphatic carbocycles. The first-order chi connectivity index (χ1) is 10.2. The molecule has 0 amide bonds. The number of para-hydroxylation sites is 2. The number of hydrogen-bond acceptors (Lipinski definition) is 5. The zero-order valence-corrected chi connectivity index (χ0v) is 11.5. The molecule has 0 fully saturated rings.